The van der Waals surface area contributed by atoms with E-state index in [9.17, 15) is 4.79 Å². The molecule has 0 bridgehead atoms. The van der Waals surface area contributed by atoms with Crippen molar-refractivity contribution in [2.75, 3.05) is 0 Å². The predicted octanol–water partition coefficient (Wildman–Crippen LogP) is 5.80. The Labute approximate surface area is 189 Å². The number of benzene rings is 4. The first-order valence-electron chi connectivity index (χ1n) is 10.9. The van der Waals surface area contributed by atoms with E-state index in [2.05, 4.69) is 41.7 Å². The lowest BCUT2D eigenvalue weighted by Gasteiger charge is -2.18. The number of carbonyl (C=O) groups excluding carboxylic acids is 1. The molecule has 4 rings (SSSR count). The van der Waals surface area contributed by atoms with E-state index in [1.165, 1.54) is 11.1 Å². The Hall–Kier alpha value is -3.69. The van der Waals surface area contributed by atoms with Crippen LogP contribution in [0, 0.1) is 0 Å². The molecule has 0 aliphatic carbocycles. The largest absolute Gasteiger partial charge is 0.460 e. The molecule has 4 aromatic rings. The summed E-state index contributed by atoms with van der Waals surface area (Å²) in [5.41, 5.74) is 5.58. The number of hydrogen-bond acceptors (Lipinski definition) is 3. The Kier molecular flexibility index (Phi) is 7.46. The summed E-state index contributed by atoms with van der Waals surface area (Å²) in [5, 5.41) is 3.41. The normalized spacial score (nSPS) is 11.6. The van der Waals surface area contributed by atoms with Crippen LogP contribution in [-0.2, 0) is 29.1 Å². The van der Waals surface area contributed by atoms with Crippen LogP contribution in [0.15, 0.2) is 115 Å². The molecule has 0 fully saturated rings. The van der Waals surface area contributed by atoms with Gasteiger partial charge in [0.25, 0.3) is 0 Å². The minimum Gasteiger partial charge on any atom is -0.460 e. The van der Waals surface area contributed by atoms with Crippen molar-refractivity contribution >= 4 is 5.97 Å². The van der Waals surface area contributed by atoms with Crippen molar-refractivity contribution in [3.8, 4) is 11.1 Å². The highest BCUT2D eigenvalue weighted by molar-refractivity contribution is 5.76. The Morgan fingerprint density at radius 2 is 1.16 bits per heavy atom. The summed E-state index contributed by atoms with van der Waals surface area (Å²) < 4.78 is 5.63. The average molecular weight is 422 g/mol. The maximum absolute atomic E-state index is 12.9. The molecule has 32 heavy (non-hydrogen) atoms. The van der Waals surface area contributed by atoms with Crippen molar-refractivity contribution in [1.29, 1.82) is 0 Å². The number of carbonyl (C=O) groups is 1. The van der Waals surface area contributed by atoms with Crippen molar-refractivity contribution < 1.29 is 9.53 Å². The third kappa shape index (κ3) is 6.16. The molecule has 0 spiro atoms. The minimum absolute atomic E-state index is 0.237. The topological polar surface area (TPSA) is 38.3 Å². The molecule has 1 N–H and O–H groups in total. The highest BCUT2D eigenvalue weighted by Crippen LogP contribution is 2.19. The molecule has 0 heterocycles. The fourth-order valence-corrected chi connectivity index (χ4v) is 3.60. The van der Waals surface area contributed by atoms with Gasteiger partial charge in [0.2, 0.25) is 0 Å². The van der Waals surface area contributed by atoms with Gasteiger partial charge >= 0.3 is 5.97 Å². The average Bonchev–Trinajstić information content (AvgIpc) is 2.87. The monoisotopic (exact) mass is 421 g/mol. The van der Waals surface area contributed by atoms with Gasteiger partial charge in [-0.1, -0.05) is 115 Å². The van der Waals surface area contributed by atoms with Gasteiger partial charge in [0.1, 0.15) is 12.6 Å². The molecule has 160 valence electrons. The molecule has 0 radical (unpaired) electrons. The van der Waals surface area contributed by atoms with Gasteiger partial charge in [-0.2, -0.15) is 0 Å². The van der Waals surface area contributed by atoms with E-state index in [4.69, 9.17) is 4.74 Å². The van der Waals surface area contributed by atoms with Crippen LogP contribution in [0.5, 0.6) is 0 Å². The summed E-state index contributed by atoms with van der Waals surface area (Å²) in [6.45, 7) is 0.866. The molecule has 0 aliphatic rings. The second kappa shape index (κ2) is 11.1. The molecule has 3 heteroatoms. The van der Waals surface area contributed by atoms with Gasteiger partial charge in [-0.3, -0.25) is 4.79 Å². The van der Waals surface area contributed by atoms with Crippen LogP contribution >= 0.6 is 0 Å². The van der Waals surface area contributed by atoms with Gasteiger partial charge in [-0.25, -0.2) is 0 Å². The fourth-order valence-electron chi connectivity index (χ4n) is 3.60. The molecule has 0 aromatic heterocycles. The van der Waals surface area contributed by atoms with Gasteiger partial charge in [-0.05, 0) is 34.2 Å². The van der Waals surface area contributed by atoms with Crippen molar-refractivity contribution in [3.63, 3.8) is 0 Å². The van der Waals surface area contributed by atoms with Crippen LogP contribution in [0.25, 0.3) is 11.1 Å². The van der Waals surface area contributed by atoms with Crippen LogP contribution in [0.3, 0.4) is 0 Å². The van der Waals surface area contributed by atoms with Gasteiger partial charge in [0.15, 0.2) is 0 Å². The summed E-state index contributed by atoms with van der Waals surface area (Å²) in [6.07, 6.45) is 0.580. The number of rotatable bonds is 9. The second-order valence-electron chi connectivity index (χ2n) is 7.78. The molecule has 1 unspecified atom stereocenters. The van der Waals surface area contributed by atoms with Crippen molar-refractivity contribution in [2.24, 2.45) is 0 Å². The van der Waals surface area contributed by atoms with E-state index < -0.39 is 6.04 Å². The number of ether oxygens (including phenoxy) is 1. The lowest BCUT2D eigenvalue weighted by Crippen LogP contribution is -2.39. The highest BCUT2D eigenvalue weighted by atomic mass is 16.5. The van der Waals surface area contributed by atoms with E-state index in [-0.39, 0.29) is 12.6 Å². The van der Waals surface area contributed by atoms with Crippen LogP contribution < -0.4 is 5.32 Å². The van der Waals surface area contributed by atoms with Crippen LogP contribution in [0.1, 0.15) is 16.7 Å². The zero-order valence-corrected chi connectivity index (χ0v) is 18.0. The summed E-state index contributed by atoms with van der Waals surface area (Å²) in [6, 6.07) is 38.1. The molecule has 0 saturated heterocycles. The van der Waals surface area contributed by atoms with Gasteiger partial charge in [0, 0.05) is 6.54 Å². The fraction of sp³-hybridized carbons (Fsp3) is 0.138. The zero-order valence-electron chi connectivity index (χ0n) is 18.0. The predicted molar refractivity (Wildman–Crippen MR) is 129 cm³/mol. The molecule has 3 nitrogen and oxygen atoms in total. The quantitative estimate of drug-likeness (QED) is 0.347. The van der Waals surface area contributed by atoms with Crippen LogP contribution in [0.4, 0.5) is 0 Å². The van der Waals surface area contributed by atoms with E-state index in [1.807, 2.05) is 78.9 Å². The van der Waals surface area contributed by atoms with E-state index in [1.54, 1.807) is 0 Å². The lowest BCUT2D eigenvalue weighted by atomic mass is 10.0. The molecule has 0 saturated carbocycles. The smallest absolute Gasteiger partial charge is 0.323 e. The highest BCUT2D eigenvalue weighted by Gasteiger charge is 2.20. The number of hydrogen-bond donors (Lipinski definition) is 1. The summed E-state index contributed by atoms with van der Waals surface area (Å²) >= 11 is 0. The number of nitrogens with one attached hydrogen (secondary N) is 1. The first kappa shape index (κ1) is 21.5. The second-order valence-corrected chi connectivity index (χ2v) is 7.78. The Morgan fingerprint density at radius 3 is 1.78 bits per heavy atom. The third-order valence-electron chi connectivity index (χ3n) is 5.40. The minimum atomic E-state index is -0.421. The standard InChI is InChI=1S/C29H27NO2/c31-29(32-22-25-12-6-2-7-13-25)28(20-23-10-4-1-5-11-23)30-21-24-16-18-27(19-17-24)26-14-8-3-9-15-26/h1-19,28,30H,20-22H2. The van der Waals surface area contributed by atoms with Crippen LogP contribution in [0.2, 0.25) is 0 Å². The summed E-state index contributed by atoms with van der Waals surface area (Å²) in [4.78, 5) is 12.9. The Bertz CT molecular complexity index is 1090. The number of esters is 1. The van der Waals surface area contributed by atoms with Crippen molar-refractivity contribution in [1.82, 2.24) is 5.32 Å². The van der Waals surface area contributed by atoms with E-state index in [0.717, 1.165) is 16.7 Å². The SMILES string of the molecule is O=C(OCc1ccccc1)C(Cc1ccccc1)NCc1ccc(-c2ccccc2)cc1. The Balaban J connectivity index is 1.40. The summed E-state index contributed by atoms with van der Waals surface area (Å²) in [5.74, 6) is -0.237. The maximum atomic E-state index is 12.9. The zero-order chi connectivity index (χ0) is 22.0. The molecule has 0 aliphatic heterocycles. The van der Waals surface area contributed by atoms with Gasteiger partial charge in [-0.15, -0.1) is 0 Å². The van der Waals surface area contributed by atoms with E-state index in [0.29, 0.717) is 13.0 Å². The van der Waals surface area contributed by atoms with Crippen LogP contribution in [-0.4, -0.2) is 12.0 Å². The first-order chi connectivity index (χ1) is 15.8. The lowest BCUT2D eigenvalue weighted by molar-refractivity contribution is -0.147. The molecular formula is C29H27NO2. The molecular weight excluding hydrogens is 394 g/mol. The van der Waals surface area contributed by atoms with E-state index >= 15 is 0 Å². The summed E-state index contributed by atoms with van der Waals surface area (Å²) in [7, 11) is 0. The molecule has 1 atom stereocenters. The van der Waals surface area contributed by atoms with Gasteiger partial charge in [0.05, 0.1) is 0 Å². The first-order valence-corrected chi connectivity index (χ1v) is 10.9. The van der Waals surface area contributed by atoms with Crippen molar-refractivity contribution in [2.45, 2.75) is 25.6 Å². The van der Waals surface area contributed by atoms with Gasteiger partial charge < -0.3 is 10.1 Å². The maximum Gasteiger partial charge on any atom is 0.323 e. The Morgan fingerprint density at radius 1 is 0.625 bits per heavy atom. The third-order valence-corrected chi connectivity index (χ3v) is 5.40. The van der Waals surface area contributed by atoms with Crippen molar-refractivity contribution in [3.05, 3.63) is 132 Å². The molecule has 4 aromatic carbocycles. The molecule has 0 amide bonds.